The number of hydrogen-bond acceptors (Lipinski definition) is 18. The van der Waals surface area contributed by atoms with Gasteiger partial charge in [0.05, 0.1) is 0 Å². The van der Waals surface area contributed by atoms with Crippen molar-refractivity contribution in [3.63, 3.8) is 0 Å². The van der Waals surface area contributed by atoms with Gasteiger partial charge in [0.2, 0.25) is 0 Å². The standard InChI is InChI=1S/6CHF3O3S.3Mg/c6*2-1(3,4)8(5,6)7;;;/h6*(H,5,6,7);;;/q;;;;;;3*+2/p-6. The number of rotatable bonds is 0. The van der Waals surface area contributed by atoms with Gasteiger partial charge in [-0.05, 0) is 0 Å². The molecule has 0 atom stereocenters. The fourth-order valence-electron chi connectivity index (χ4n) is 0. The minimum Gasteiger partial charge on any atom is -0.741 e. The Morgan fingerprint density at radius 2 is 0.235 bits per heavy atom. The summed E-state index contributed by atoms with van der Waals surface area (Å²) in [6.45, 7) is 0. The van der Waals surface area contributed by atoms with Gasteiger partial charge in [-0.2, -0.15) is 79.0 Å². The Labute approximate surface area is 317 Å². The van der Waals surface area contributed by atoms with Gasteiger partial charge in [-0.15, -0.1) is 0 Å². The molecule has 0 aromatic rings. The van der Waals surface area contributed by atoms with Crippen molar-refractivity contribution >= 4 is 130 Å². The third-order valence-electron chi connectivity index (χ3n) is 1.70. The minimum atomic E-state index is -6.09. The predicted molar refractivity (Wildman–Crippen MR) is 112 cm³/mol. The van der Waals surface area contributed by atoms with Crippen LogP contribution in [-0.2, 0) is 60.7 Å². The fraction of sp³-hybridized carbons (Fsp3) is 1.00. The molecule has 45 heteroatoms. The predicted octanol–water partition coefficient (Wildman–Crippen LogP) is -0.834. The maximum atomic E-state index is 10.7. The van der Waals surface area contributed by atoms with E-state index in [-0.39, 0.29) is 69.2 Å². The summed E-state index contributed by atoms with van der Waals surface area (Å²) in [7, 11) is -36.5. The third-order valence-corrected chi connectivity index (χ3v) is 5.10. The van der Waals surface area contributed by atoms with Crippen molar-refractivity contribution < 1.29 is 157 Å². The number of hydrogen-bond donors (Lipinski definition) is 0. The van der Waals surface area contributed by atoms with Crippen LogP contribution in [0.4, 0.5) is 79.0 Å². The Hall–Kier alpha value is 0.499. The van der Waals surface area contributed by atoms with Gasteiger partial charge in [0.1, 0.15) is 0 Å². The molecular weight excluding hydrogens is 967 g/mol. The summed E-state index contributed by atoms with van der Waals surface area (Å²) in [6, 6.07) is 0. The van der Waals surface area contributed by atoms with E-state index in [9.17, 15) is 79.0 Å². The largest absolute Gasteiger partial charge is 2.00 e. The average Bonchev–Trinajstić information content (AvgIpc) is 2.60. The van der Waals surface area contributed by atoms with Gasteiger partial charge in [0, 0.05) is 0 Å². The quantitative estimate of drug-likeness (QED) is 0.124. The maximum Gasteiger partial charge on any atom is 2.00 e. The Morgan fingerprint density at radius 1 is 0.216 bits per heavy atom. The van der Waals surface area contributed by atoms with E-state index in [2.05, 4.69) is 0 Å². The molecule has 0 saturated heterocycles. The summed E-state index contributed by atoms with van der Waals surface area (Å²) in [5.74, 6) is 0. The smallest absolute Gasteiger partial charge is 0.741 e. The van der Waals surface area contributed by atoms with Crippen LogP contribution in [0.25, 0.3) is 0 Å². The molecule has 0 aromatic carbocycles. The molecule has 0 heterocycles. The second-order valence-corrected chi connectivity index (χ2v) is 13.6. The molecular formula is C6F18Mg3O18S6. The van der Waals surface area contributed by atoms with E-state index in [1.165, 1.54) is 0 Å². The van der Waals surface area contributed by atoms with Crippen LogP contribution in [0, 0.1) is 0 Å². The van der Waals surface area contributed by atoms with Gasteiger partial charge in [0.15, 0.2) is 60.7 Å². The minimum absolute atomic E-state index is 0. The van der Waals surface area contributed by atoms with Crippen molar-refractivity contribution in [2.24, 2.45) is 0 Å². The average molecular weight is 967 g/mol. The van der Waals surface area contributed by atoms with Gasteiger partial charge in [-0.3, -0.25) is 0 Å². The molecule has 0 aliphatic rings. The van der Waals surface area contributed by atoms with E-state index in [0.29, 0.717) is 0 Å². The first-order chi connectivity index (χ1) is 19.5. The van der Waals surface area contributed by atoms with E-state index in [1.54, 1.807) is 0 Å². The zero-order valence-corrected chi connectivity index (χ0v) is 30.9. The SMILES string of the molecule is O=S(=O)([O-])C(F)(F)F.O=S(=O)([O-])C(F)(F)F.O=S(=O)([O-])C(F)(F)F.O=S(=O)([O-])C(F)(F)F.O=S(=O)([O-])C(F)(F)F.O=S(=O)([O-])C(F)(F)F.[Mg+2].[Mg+2].[Mg+2]. The monoisotopic (exact) mass is 966 g/mol. The van der Waals surface area contributed by atoms with Gasteiger partial charge >= 0.3 is 102 Å². The van der Waals surface area contributed by atoms with Crippen molar-refractivity contribution in [3.8, 4) is 0 Å². The van der Waals surface area contributed by atoms with Crippen LogP contribution < -0.4 is 0 Å². The molecule has 0 rings (SSSR count). The zero-order valence-electron chi connectivity index (χ0n) is 21.7. The summed E-state index contributed by atoms with van der Waals surface area (Å²) in [5, 5.41) is 0. The summed E-state index contributed by atoms with van der Waals surface area (Å²) in [5.41, 5.74) is -33.9. The fourth-order valence-corrected chi connectivity index (χ4v) is 0. The van der Waals surface area contributed by atoms with Crippen molar-refractivity contribution in [1.82, 2.24) is 0 Å². The van der Waals surface area contributed by atoms with Gasteiger partial charge in [-0.1, -0.05) is 0 Å². The molecule has 0 spiro atoms. The maximum absolute atomic E-state index is 10.7. The van der Waals surface area contributed by atoms with Gasteiger partial charge < -0.3 is 27.3 Å². The van der Waals surface area contributed by atoms with Crippen LogP contribution >= 0.6 is 0 Å². The summed E-state index contributed by atoms with van der Waals surface area (Å²) in [4.78, 5) is 0. The second-order valence-electron chi connectivity index (χ2n) is 5.40. The van der Waals surface area contributed by atoms with E-state index in [0.717, 1.165) is 0 Å². The Kier molecular flexibility index (Phi) is 33.6. The van der Waals surface area contributed by atoms with Crippen molar-refractivity contribution in [2.75, 3.05) is 0 Å². The van der Waals surface area contributed by atoms with Crippen molar-refractivity contribution in [1.29, 1.82) is 0 Å². The molecule has 0 aliphatic carbocycles. The molecule has 0 radical (unpaired) electrons. The molecule has 0 bridgehead atoms. The molecule has 0 fully saturated rings. The van der Waals surface area contributed by atoms with E-state index < -0.39 is 93.8 Å². The first-order valence-corrected chi connectivity index (χ1v) is 16.1. The van der Waals surface area contributed by atoms with Crippen LogP contribution in [-0.4, -0.2) is 180 Å². The molecule has 0 aromatic heterocycles. The molecule has 0 unspecified atom stereocenters. The van der Waals surface area contributed by atoms with Crippen LogP contribution in [0.2, 0.25) is 0 Å². The van der Waals surface area contributed by atoms with E-state index in [1.807, 2.05) is 0 Å². The second kappa shape index (κ2) is 23.5. The molecule has 0 N–H and O–H groups in total. The van der Waals surface area contributed by atoms with Crippen LogP contribution in [0.15, 0.2) is 0 Å². The molecule has 51 heavy (non-hydrogen) atoms. The Bertz CT molecular complexity index is 1320. The number of alkyl halides is 18. The topological polar surface area (TPSA) is 343 Å². The first-order valence-electron chi connectivity index (χ1n) is 7.63. The van der Waals surface area contributed by atoms with Crippen LogP contribution in [0.1, 0.15) is 0 Å². The molecule has 0 amide bonds. The van der Waals surface area contributed by atoms with Crippen molar-refractivity contribution in [2.45, 2.75) is 33.0 Å². The van der Waals surface area contributed by atoms with Crippen LogP contribution in [0.5, 0.6) is 0 Å². The third kappa shape index (κ3) is 40.0. The van der Waals surface area contributed by atoms with Crippen molar-refractivity contribution in [3.05, 3.63) is 0 Å². The number of halogens is 18. The molecule has 300 valence electrons. The normalized spacial score (nSPS) is 13.2. The Balaban J connectivity index is -0.0000000586. The van der Waals surface area contributed by atoms with E-state index in [4.69, 9.17) is 77.8 Å². The molecule has 0 aliphatic heterocycles. The summed E-state index contributed by atoms with van der Waals surface area (Å²) >= 11 is 0. The van der Waals surface area contributed by atoms with Gasteiger partial charge in [0.25, 0.3) is 0 Å². The first kappa shape index (κ1) is 72.7. The Morgan fingerprint density at radius 3 is 0.235 bits per heavy atom. The molecule has 18 nitrogen and oxygen atoms in total. The van der Waals surface area contributed by atoms with E-state index >= 15 is 0 Å². The molecule has 0 saturated carbocycles. The van der Waals surface area contributed by atoms with Gasteiger partial charge in [-0.25, -0.2) is 50.5 Å². The summed E-state index contributed by atoms with van der Waals surface area (Å²) < 4.78 is 353. The summed E-state index contributed by atoms with van der Waals surface area (Å²) in [6.07, 6.45) is 0. The van der Waals surface area contributed by atoms with Crippen LogP contribution in [0.3, 0.4) is 0 Å². The zero-order chi connectivity index (χ0) is 42.0.